The number of ether oxygens (including phenoxy) is 1. The molecule has 0 spiro atoms. The molecule has 0 bridgehead atoms. The van der Waals surface area contributed by atoms with Crippen LogP contribution in [-0.2, 0) is 6.54 Å². The van der Waals surface area contributed by atoms with Crippen LogP contribution in [0, 0.1) is 13.8 Å². The van der Waals surface area contributed by atoms with E-state index in [1.807, 2.05) is 37.3 Å². The highest BCUT2D eigenvalue weighted by Gasteiger charge is 2.12. The quantitative estimate of drug-likeness (QED) is 0.675. The van der Waals surface area contributed by atoms with Crippen molar-refractivity contribution in [3.8, 4) is 5.75 Å². The van der Waals surface area contributed by atoms with Gasteiger partial charge in [-0.3, -0.25) is 9.78 Å². The van der Waals surface area contributed by atoms with E-state index in [1.165, 1.54) is 11.1 Å². The van der Waals surface area contributed by atoms with Crippen LogP contribution >= 0.6 is 0 Å². The predicted octanol–water partition coefficient (Wildman–Crippen LogP) is 4.57. The van der Waals surface area contributed by atoms with Crippen molar-refractivity contribution < 1.29 is 9.53 Å². The Morgan fingerprint density at radius 3 is 2.63 bits per heavy atom. The molecule has 138 valence electrons. The summed E-state index contributed by atoms with van der Waals surface area (Å²) in [7, 11) is 1.58. The van der Waals surface area contributed by atoms with Crippen molar-refractivity contribution >= 4 is 17.3 Å². The second-order valence-electron chi connectivity index (χ2n) is 6.43. The summed E-state index contributed by atoms with van der Waals surface area (Å²) in [6, 6.07) is 17.5. The zero-order valence-corrected chi connectivity index (χ0v) is 15.7. The third kappa shape index (κ3) is 4.85. The van der Waals surface area contributed by atoms with E-state index in [2.05, 4.69) is 40.7 Å². The summed E-state index contributed by atoms with van der Waals surface area (Å²) >= 11 is 0. The molecule has 3 rings (SSSR count). The highest BCUT2D eigenvalue weighted by molar-refractivity contribution is 6.04. The molecule has 0 radical (unpaired) electrons. The van der Waals surface area contributed by atoms with Crippen molar-refractivity contribution in [2.45, 2.75) is 20.4 Å². The van der Waals surface area contributed by atoms with Crippen LogP contribution in [0.1, 0.15) is 27.2 Å². The van der Waals surface area contributed by atoms with Crippen LogP contribution in [0.15, 0.2) is 60.8 Å². The lowest BCUT2D eigenvalue weighted by Gasteiger charge is -2.12. The summed E-state index contributed by atoms with van der Waals surface area (Å²) in [5.74, 6) is 0.334. The first kappa shape index (κ1) is 18.5. The largest absolute Gasteiger partial charge is 0.495 e. The van der Waals surface area contributed by atoms with Gasteiger partial charge in [0, 0.05) is 18.4 Å². The van der Waals surface area contributed by atoms with E-state index in [9.17, 15) is 4.79 Å². The van der Waals surface area contributed by atoms with Gasteiger partial charge >= 0.3 is 0 Å². The molecule has 0 unspecified atom stereocenters. The van der Waals surface area contributed by atoms with E-state index in [4.69, 9.17) is 4.74 Å². The lowest BCUT2D eigenvalue weighted by atomic mass is 10.1. The normalized spacial score (nSPS) is 10.3. The molecule has 5 nitrogen and oxygen atoms in total. The van der Waals surface area contributed by atoms with Gasteiger partial charge in [0.15, 0.2) is 0 Å². The number of nitrogens with zero attached hydrogens (tertiary/aromatic N) is 1. The molecule has 0 fully saturated rings. The molecule has 0 aliphatic rings. The van der Waals surface area contributed by atoms with Gasteiger partial charge in [-0.05, 0) is 49.2 Å². The van der Waals surface area contributed by atoms with Crippen molar-refractivity contribution in [3.63, 3.8) is 0 Å². The number of rotatable bonds is 6. The molecule has 1 amide bonds. The monoisotopic (exact) mass is 361 g/mol. The maximum absolute atomic E-state index is 12.6. The number of aromatic nitrogens is 1. The second kappa shape index (κ2) is 8.36. The first-order valence-electron chi connectivity index (χ1n) is 8.76. The van der Waals surface area contributed by atoms with Crippen molar-refractivity contribution in [1.82, 2.24) is 4.98 Å². The lowest BCUT2D eigenvalue weighted by molar-refractivity contribution is 0.102. The lowest BCUT2D eigenvalue weighted by Crippen LogP contribution is -2.15. The molecule has 27 heavy (non-hydrogen) atoms. The van der Waals surface area contributed by atoms with Crippen LogP contribution < -0.4 is 15.4 Å². The number of amides is 1. The fourth-order valence-electron chi connectivity index (χ4n) is 2.80. The minimum absolute atomic E-state index is 0.280. The second-order valence-corrected chi connectivity index (χ2v) is 6.43. The predicted molar refractivity (Wildman–Crippen MR) is 108 cm³/mol. The number of pyridine rings is 1. The van der Waals surface area contributed by atoms with Gasteiger partial charge in [0.05, 0.1) is 12.8 Å². The first-order chi connectivity index (χ1) is 13.0. The van der Waals surface area contributed by atoms with Crippen molar-refractivity contribution in [3.05, 3.63) is 83.2 Å². The Balaban J connectivity index is 1.71. The van der Waals surface area contributed by atoms with Gasteiger partial charge < -0.3 is 15.4 Å². The van der Waals surface area contributed by atoms with E-state index < -0.39 is 0 Å². The van der Waals surface area contributed by atoms with E-state index >= 15 is 0 Å². The topological polar surface area (TPSA) is 63.2 Å². The van der Waals surface area contributed by atoms with E-state index in [-0.39, 0.29) is 5.91 Å². The summed E-state index contributed by atoms with van der Waals surface area (Å²) in [4.78, 5) is 16.8. The summed E-state index contributed by atoms with van der Waals surface area (Å²) in [5.41, 5.74) is 5.24. The SMILES string of the molecule is COc1ccc(C)cc1NC(=O)c1cc(NCc2cccc(C)c2)ccn1. The average Bonchev–Trinajstić information content (AvgIpc) is 2.67. The fraction of sp³-hybridized carbons (Fsp3) is 0.182. The van der Waals surface area contributed by atoms with Crippen LogP contribution in [0.4, 0.5) is 11.4 Å². The molecule has 0 atom stereocenters. The minimum Gasteiger partial charge on any atom is -0.495 e. The Bertz CT molecular complexity index is 954. The fourth-order valence-corrected chi connectivity index (χ4v) is 2.80. The molecule has 0 aliphatic heterocycles. The summed E-state index contributed by atoms with van der Waals surface area (Å²) in [6.45, 7) is 4.71. The third-order valence-corrected chi connectivity index (χ3v) is 4.17. The number of anilines is 2. The number of benzene rings is 2. The highest BCUT2D eigenvalue weighted by Crippen LogP contribution is 2.25. The Labute approximate surface area is 159 Å². The van der Waals surface area contributed by atoms with Crippen molar-refractivity contribution in [2.24, 2.45) is 0 Å². The molecule has 5 heteroatoms. The average molecular weight is 361 g/mol. The number of nitrogens with one attached hydrogen (secondary N) is 2. The Kier molecular flexibility index (Phi) is 5.71. The molecule has 1 aromatic heterocycles. The van der Waals surface area contributed by atoms with Gasteiger partial charge in [0.2, 0.25) is 0 Å². The van der Waals surface area contributed by atoms with Crippen molar-refractivity contribution in [1.29, 1.82) is 0 Å². The summed E-state index contributed by atoms with van der Waals surface area (Å²) in [6.07, 6.45) is 1.63. The van der Waals surface area contributed by atoms with E-state index in [0.717, 1.165) is 11.3 Å². The maximum Gasteiger partial charge on any atom is 0.274 e. The number of aryl methyl sites for hydroxylation is 2. The summed E-state index contributed by atoms with van der Waals surface area (Å²) in [5, 5.41) is 6.21. The maximum atomic E-state index is 12.6. The molecule has 1 heterocycles. The molecule has 0 saturated carbocycles. The number of carbonyl (C=O) groups excluding carboxylic acids is 1. The van der Waals surface area contributed by atoms with Crippen LogP contribution in [-0.4, -0.2) is 18.0 Å². The van der Waals surface area contributed by atoms with Gasteiger partial charge in [-0.2, -0.15) is 0 Å². The number of hydrogen-bond acceptors (Lipinski definition) is 4. The van der Waals surface area contributed by atoms with Crippen molar-refractivity contribution in [2.75, 3.05) is 17.7 Å². The van der Waals surface area contributed by atoms with Gasteiger partial charge in [0.1, 0.15) is 11.4 Å². The Morgan fingerprint density at radius 2 is 1.85 bits per heavy atom. The molecular formula is C22H23N3O2. The van der Waals surface area contributed by atoms with Crippen LogP contribution in [0.5, 0.6) is 5.75 Å². The first-order valence-corrected chi connectivity index (χ1v) is 8.76. The van der Waals surface area contributed by atoms with Gasteiger partial charge in [-0.1, -0.05) is 35.9 Å². The molecular weight excluding hydrogens is 338 g/mol. The van der Waals surface area contributed by atoms with Gasteiger partial charge in [0.25, 0.3) is 5.91 Å². The Morgan fingerprint density at radius 1 is 1.04 bits per heavy atom. The van der Waals surface area contributed by atoms with Gasteiger partial charge in [-0.25, -0.2) is 0 Å². The van der Waals surface area contributed by atoms with Gasteiger partial charge in [-0.15, -0.1) is 0 Å². The highest BCUT2D eigenvalue weighted by atomic mass is 16.5. The number of carbonyl (C=O) groups is 1. The smallest absolute Gasteiger partial charge is 0.274 e. The number of hydrogen-bond donors (Lipinski definition) is 2. The molecule has 2 N–H and O–H groups in total. The van der Waals surface area contributed by atoms with E-state index in [1.54, 1.807) is 19.4 Å². The molecule has 2 aromatic carbocycles. The van der Waals surface area contributed by atoms with Crippen LogP contribution in [0.2, 0.25) is 0 Å². The molecule has 0 saturated heterocycles. The standard InChI is InChI=1S/C22H23N3O2/c1-15-5-4-6-17(11-15)14-24-18-9-10-23-20(13-18)22(26)25-19-12-16(2)7-8-21(19)27-3/h4-13H,14H2,1-3H3,(H,23,24)(H,25,26). The van der Waals surface area contributed by atoms with Crippen LogP contribution in [0.3, 0.4) is 0 Å². The van der Waals surface area contributed by atoms with Crippen LogP contribution in [0.25, 0.3) is 0 Å². The molecule has 3 aromatic rings. The molecule has 0 aliphatic carbocycles. The summed E-state index contributed by atoms with van der Waals surface area (Å²) < 4.78 is 5.31. The zero-order valence-electron chi connectivity index (χ0n) is 15.7. The number of methoxy groups -OCH3 is 1. The third-order valence-electron chi connectivity index (χ3n) is 4.17. The zero-order chi connectivity index (χ0) is 19.2. The minimum atomic E-state index is -0.280. The van der Waals surface area contributed by atoms with E-state index in [0.29, 0.717) is 23.7 Å². The Hall–Kier alpha value is -3.34.